The monoisotopic (exact) mass is 400 g/mol. The third kappa shape index (κ3) is 3.64. The third-order valence-corrected chi connectivity index (χ3v) is 5.64. The van der Waals surface area contributed by atoms with Gasteiger partial charge in [-0.15, -0.1) is 0 Å². The first-order valence-corrected chi connectivity index (χ1v) is 10.2. The van der Waals surface area contributed by atoms with Gasteiger partial charge in [-0.2, -0.15) is 0 Å². The largest absolute Gasteiger partial charge is 0.368 e. The lowest BCUT2D eigenvalue weighted by Crippen LogP contribution is -2.47. The lowest BCUT2D eigenvalue weighted by molar-refractivity contribution is 0.649. The van der Waals surface area contributed by atoms with Crippen molar-refractivity contribution in [2.75, 3.05) is 36.0 Å². The predicted octanol–water partition coefficient (Wildman–Crippen LogP) is 5.28. The lowest BCUT2D eigenvalue weighted by Gasteiger charge is -2.37. The molecular weight excluding hydrogens is 380 g/mol. The minimum Gasteiger partial charge on any atom is -0.368 e. The molecule has 1 aliphatic rings. The summed E-state index contributed by atoms with van der Waals surface area (Å²) in [6.07, 6.45) is 0. The van der Waals surface area contributed by atoms with Crippen LogP contribution in [0, 0.1) is 0 Å². The van der Waals surface area contributed by atoms with Crippen molar-refractivity contribution in [2.24, 2.45) is 0 Å². The summed E-state index contributed by atoms with van der Waals surface area (Å²) in [5.74, 6) is 1.74. The molecule has 0 spiro atoms. The van der Waals surface area contributed by atoms with Crippen LogP contribution in [0.3, 0.4) is 0 Å². The quantitative estimate of drug-likeness (QED) is 0.468. The number of nitrogens with zero attached hydrogens (tertiary/aromatic N) is 4. The Bertz CT molecular complexity index is 1120. The summed E-state index contributed by atoms with van der Waals surface area (Å²) in [7, 11) is 0. The molecule has 1 fully saturated rings. The van der Waals surface area contributed by atoms with E-state index in [2.05, 4.69) is 58.3 Å². The zero-order valence-corrected chi connectivity index (χ0v) is 16.8. The van der Waals surface area contributed by atoms with Gasteiger partial charge >= 0.3 is 0 Å². The highest BCUT2D eigenvalue weighted by Gasteiger charge is 2.21. The van der Waals surface area contributed by atoms with Crippen molar-refractivity contribution >= 4 is 34.0 Å². The molecule has 3 aromatic carbocycles. The van der Waals surface area contributed by atoms with E-state index < -0.39 is 0 Å². The van der Waals surface area contributed by atoms with Crippen LogP contribution in [0.4, 0.5) is 11.5 Å². The van der Waals surface area contributed by atoms with Crippen molar-refractivity contribution < 1.29 is 0 Å². The van der Waals surface area contributed by atoms with Gasteiger partial charge in [-0.1, -0.05) is 41.9 Å². The molecule has 1 aromatic heterocycles. The van der Waals surface area contributed by atoms with Crippen LogP contribution in [0.5, 0.6) is 0 Å². The lowest BCUT2D eigenvalue weighted by atomic mass is 10.1. The predicted molar refractivity (Wildman–Crippen MR) is 121 cm³/mol. The second-order valence-electron chi connectivity index (χ2n) is 7.20. The Hall–Kier alpha value is -3.11. The highest BCUT2D eigenvalue weighted by atomic mass is 35.5. The first kappa shape index (κ1) is 18.0. The molecule has 5 heteroatoms. The molecule has 0 amide bonds. The van der Waals surface area contributed by atoms with Crippen LogP contribution in [0.1, 0.15) is 0 Å². The smallest absolute Gasteiger partial charge is 0.162 e. The van der Waals surface area contributed by atoms with E-state index in [1.807, 2.05) is 30.3 Å². The van der Waals surface area contributed by atoms with Gasteiger partial charge in [0.2, 0.25) is 0 Å². The number of anilines is 2. The first-order valence-electron chi connectivity index (χ1n) is 9.85. The summed E-state index contributed by atoms with van der Waals surface area (Å²) in [6, 6.07) is 26.6. The number of fused-ring (bicyclic) bond motifs is 1. The van der Waals surface area contributed by atoms with Crippen LogP contribution in [0.15, 0.2) is 78.9 Å². The minimum atomic E-state index is 0.715. The number of hydrogen-bond acceptors (Lipinski definition) is 4. The van der Waals surface area contributed by atoms with Crippen LogP contribution >= 0.6 is 11.6 Å². The topological polar surface area (TPSA) is 32.3 Å². The number of hydrogen-bond donors (Lipinski definition) is 0. The number of aromatic nitrogens is 2. The third-order valence-electron chi connectivity index (χ3n) is 5.39. The molecule has 1 aliphatic heterocycles. The maximum absolute atomic E-state index is 6.06. The van der Waals surface area contributed by atoms with E-state index in [1.165, 1.54) is 5.69 Å². The van der Waals surface area contributed by atoms with Crippen LogP contribution in [0.25, 0.3) is 22.3 Å². The summed E-state index contributed by atoms with van der Waals surface area (Å²) in [5, 5.41) is 1.81. The zero-order valence-electron chi connectivity index (χ0n) is 16.0. The van der Waals surface area contributed by atoms with Crippen molar-refractivity contribution in [1.82, 2.24) is 9.97 Å². The Morgan fingerprint density at radius 1 is 0.655 bits per heavy atom. The minimum absolute atomic E-state index is 0.715. The molecule has 144 valence electrons. The first-order chi connectivity index (χ1) is 14.3. The number of halogens is 1. The Balaban J connectivity index is 1.48. The highest BCUT2D eigenvalue weighted by molar-refractivity contribution is 6.30. The molecule has 0 bridgehead atoms. The van der Waals surface area contributed by atoms with Crippen molar-refractivity contribution in [3.8, 4) is 11.4 Å². The van der Waals surface area contributed by atoms with E-state index in [1.54, 1.807) is 0 Å². The van der Waals surface area contributed by atoms with Crippen LogP contribution in [-0.4, -0.2) is 36.1 Å². The Kier molecular flexibility index (Phi) is 4.78. The van der Waals surface area contributed by atoms with Gasteiger partial charge in [0.05, 0.1) is 5.52 Å². The van der Waals surface area contributed by atoms with Gasteiger partial charge in [0.15, 0.2) is 5.82 Å². The molecule has 0 atom stereocenters. The zero-order chi connectivity index (χ0) is 19.6. The molecule has 2 heterocycles. The molecule has 0 N–H and O–H groups in total. The van der Waals surface area contributed by atoms with Crippen molar-refractivity contribution in [3.63, 3.8) is 0 Å². The summed E-state index contributed by atoms with van der Waals surface area (Å²) < 4.78 is 0. The van der Waals surface area contributed by atoms with Crippen LogP contribution < -0.4 is 9.80 Å². The molecule has 1 saturated heterocycles. The van der Waals surface area contributed by atoms with E-state index in [-0.39, 0.29) is 0 Å². The van der Waals surface area contributed by atoms with Gasteiger partial charge in [-0.3, -0.25) is 0 Å². The molecule has 4 aromatic rings. The summed E-state index contributed by atoms with van der Waals surface area (Å²) in [5.41, 5.74) is 3.22. The highest BCUT2D eigenvalue weighted by Crippen LogP contribution is 2.29. The van der Waals surface area contributed by atoms with Crippen molar-refractivity contribution in [1.29, 1.82) is 0 Å². The van der Waals surface area contributed by atoms with E-state index in [0.717, 1.165) is 54.3 Å². The Labute approximate surface area is 175 Å². The molecule has 0 radical (unpaired) electrons. The van der Waals surface area contributed by atoms with E-state index in [0.29, 0.717) is 5.02 Å². The molecule has 0 aliphatic carbocycles. The van der Waals surface area contributed by atoms with Crippen molar-refractivity contribution in [2.45, 2.75) is 0 Å². The van der Waals surface area contributed by atoms with Gasteiger partial charge in [0, 0.05) is 47.8 Å². The summed E-state index contributed by atoms with van der Waals surface area (Å²) in [6.45, 7) is 3.79. The molecule has 29 heavy (non-hydrogen) atoms. The molecule has 4 nitrogen and oxygen atoms in total. The standard InChI is InChI=1S/C24H21ClN4/c25-19-12-10-18(11-13-19)23-26-22-9-5-4-8-21(22)24(27-23)29-16-14-28(15-17-29)20-6-2-1-3-7-20/h1-13H,14-17H2. The van der Waals surface area contributed by atoms with E-state index >= 15 is 0 Å². The Morgan fingerprint density at radius 3 is 2.07 bits per heavy atom. The van der Waals surface area contributed by atoms with Gasteiger partial charge in [0.1, 0.15) is 5.82 Å². The maximum Gasteiger partial charge on any atom is 0.162 e. The maximum atomic E-state index is 6.06. The number of para-hydroxylation sites is 2. The second-order valence-corrected chi connectivity index (χ2v) is 7.64. The molecule has 5 rings (SSSR count). The average molecular weight is 401 g/mol. The fraction of sp³-hybridized carbons (Fsp3) is 0.167. The Morgan fingerprint density at radius 2 is 1.31 bits per heavy atom. The van der Waals surface area contributed by atoms with E-state index in [4.69, 9.17) is 21.6 Å². The summed E-state index contributed by atoms with van der Waals surface area (Å²) >= 11 is 6.06. The van der Waals surface area contributed by atoms with Gasteiger partial charge in [-0.25, -0.2) is 9.97 Å². The summed E-state index contributed by atoms with van der Waals surface area (Å²) in [4.78, 5) is 14.6. The average Bonchev–Trinajstić information content (AvgIpc) is 2.79. The normalized spacial score (nSPS) is 14.4. The second kappa shape index (κ2) is 7.72. The van der Waals surface area contributed by atoms with Crippen LogP contribution in [0.2, 0.25) is 5.02 Å². The molecule has 0 unspecified atom stereocenters. The van der Waals surface area contributed by atoms with Crippen molar-refractivity contribution in [3.05, 3.63) is 83.9 Å². The fourth-order valence-electron chi connectivity index (χ4n) is 3.84. The fourth-order valence-corrected chi connectivity index (χ4v) is 3.97. The number of piperazine rings is 1. The van der Waals surface area contributed by atoms with Gasteiger partial charge < -0.3 is 9.80 Å². The number of benzene rings is 3. The SMILES string of the molecule is Clc1ccc(-c2nc(N3CCN(c4ccccc4)CC3)c3ccccc3n2)cc1. The molecular formula is C24H21ClN4. The number of rotatable bonds is 3. The van der Waals surface area contributed by atoms with E-state index in [9.17, 15) is 0 Å². The molecule has 0 saturated carbocycles. The van der Waals surface area contributed by atoms with Gasteiger partial charge in [0.25, 0.3) is 0 Å². The van der Waals surface area contributed by atoms with Crippen LogP contribution in [-0.2, 0) is 0 Å². The van der Waals surface area contributed by atoms with Gasteiger partial charge in [-0.05, 0) is 48.5 Å².